The molecule has 4 rings (SSSR count). The minimum absolute atomic E-state index is 0.162. The van der Waals surface area contributed by atoms with E-state index >= 15 is 0 Å². The monoisotopic (exact) mass is 399 g/mol. The van der Waals surface area contributed by atoms with E-state index in [4.69, 9.17) is 10.5 Å². The van der Waals surface area contributed by atoms with Gasteiger partial charge in [-0.2, -0.15) is 0 Å². The summed E-state index contributed by atoms with van der Waals surface area (Å²) in [7, 11) is 0. The molecule has 0 fully saturated rings. The molecule has 30 heavy (non-hydrogen) atoms. The molecule has 150 valence electrons. The highest BCUT2D eigenvalue weighted by Crippen LogP contribution is 2.24. The van der Waals surface area contributed by atoms with Crippen LogP contribution in [0.3, 0.4) is 0 Å². The zero-order chi connectivity index (χ0) is 20.9. The molecule has 3 N–H and O–H groups in total. The molecule has 1 atom stereocenters. The standard InChI is InChI=1S/C24H21N3O3/c25-22(12-19-13-26-15-27-19)23(28)21-11-18(10-17-8-4-5-9-20(17)21)24(29)30-14-16-6-2-1-3-7-16/h1-11,13,15,22H,12,14,25H2,(H,26,27)/t22-/m0/s1. The van der Waals surface area contributed by atoms with Gasteiger partial charge in [-0.15, -0.1) is 0 Å². The van der Waals surface area contributed by atoms with Crippen LogP contribution in [0, 0.1) is 0 Å². The number of ether oxygens (including phenoxy) is 1. The fourth-order valence-corrected chi connectivity index (χ4v) is 3.36. The Kier molecular flexibility index (Phi) is 5.68. The number of aromatic nitrogens is 2. The second-order valence-electron chi connectivity index (χ2n) is 7.06. The number of aromatic amines is 1. The molecule has 6 nitrogen and oxygen atoms in total. The molecular weight excluding hydrogens is 378 g/mol. The molecule has 0 aliphatic rings. The van der Waals surface area contributed by atoms with Crippen LogP contribution in [0.5, 0.6) is 0 Å². The number of carbonyl (C=O) groups is 2. The van der Waals surface area contributed by atoms with Crippen molar-refractivity contribution in [3.05, 3.63) is 102 Å². The minimum Gasteiger partial charge on any atom is -0.457 e. The number of fused-ring (bicyclic) bond motifs is 1. The Morgan fingerprint density at radius 3 is 2.57 bits per heavy atom. The third-order valence-corrected chi connectivity index (χ3v) is 4.91. The summed E-state index contributed by atoms with van der Waals surface area (Å²) in [4.78, 5) is 32.7. The topological polar surface area (TPSA) is 98.1 Å². The maximum atomic E-state index is 13.1. The summed E-state index contributed by atoms with van der Waals surface area (Å²) in [6, 6.07) is 19.4. The molecule has 6 heteroatoms. The van der Waals surface area contributed by atoms with Gasteiger partial charge in [-0.3, -0.25) is 4.79 Å². The molecule has 0 saturated carbocycles. The maximum Gasteiger partial charge on any atom is 0.338 e. The molecule has 3 aromatic carbocycles. The molecule has 0 aliphatic carbocycles. The Morgan fingerprint density at radius 2 is 1.80 bits per heavy atom. The first-order valence-corrected chi connectivity index (χ1v) is 9.62. The average Bonchev–Trinajstić information content (AvgIpc) is 3.30. The fraction of sp³-hybridized carbons (Fsp3) is 0.125. The van der Waals surface area contributed by atoms with Gasteiger partial charge in [0.1, 0.15) is 6.61 Å². The van der Waals surface area contributed by atoms with Gasteiger partial charge in [0.15, 0.2) is 5.78 Å². The van der Waals surface area contributed by atoms with Crippen LogP contribution in [-0.2, 0) is 17.8 Å². The summed E-state index contributed by atoms with van der Waals surface area (Å²) in [5, 5.41) is 1.53. The summed E-state index contributed by atoms with van der Waals surface area (Å²) in [6.45, 7) is 0.162. The Morgan fingerprint density at radius 1 is 1.03 bits per heavy atom. The van der Waals surface area contributed by atoms with Crippen LogP contribution < -0.4 is 5.73 Å². The highest BCUT2D eigenvalue weighted by Gasteiger charge is 2.21. The van der Waals surface area contributed by atoms with Crippen molar-refractivity contribution in [1.29, 1.82) is 0 Å². The Balaban J connectivity index is 1.62. The van der Waals surface area contributed by atoms with Gasteiger partial charge in [-0.25, -0.2) is 9.78 Å². The number of benzene rings is 3. The van der Waals surface area contributed by atoms with Crippen molar-refractivity contribution in [2.75, 3.05) is 0 Å². The number of carbonyl (C=O) groups excluding carboxylic acids is 2. The number of ketones is 1. The van der Waals surface area contributed by atoms with Crippen LogP contribution in [0.4, 0.5) is 0 Å². The largest absolute Gasteiger partial charge is 0.457 e. The molecule has 1 heterocycles. The zero-order valence-corrected chi connectivity index (χ0v) is 16.2. The van der Waals surface area contributed by atoms with E-state index in [1.807, 2.05) is 54.6 Å². The second-order valence-corrected chi connectivity index (χ2v) is 7.06. The normalized spacial score (nSPS) is 11.9. The van der Waals surface area contributed by atoms with Gasteiger partial charge in [0.05, 0.1) is 17.9 Å². The van der Waals surface area contributed by atoms with Crippen LogP contribution in [-0.4, -0.2) is 27.8 Å². The first-order valence-electron chi connectivity index (χ1n) is 9.62. The van der Waals surface area contributed by atoms with E-state index in [0.29, 0.717) is 17.5 Å². The van der Waals surface area contributed by atoms with E-state index in [1.54, 1.807) is 24.7 Å². The number of hydrogen-bond donors (Lipinski definition) is 2. The maximum absolute atomic E-state index is 13.1. The van der Waals surface area contributed by atoms with E-state index < -0.39 is 12.0 Å². The molecule has 0 spiro atoms. The number of H-pyrrole nitrogens is 1. The molecule has 0 radical (unpaired) electrons. The van der Waals surface area contributed by atoms with Crippen molar-refractivity contribution in [3.8, 4) is 0 Å². The van der Waals surface area contributed by atoms with Crippen LogP contribution >= 0.6 is 0 Å². The van der Waals surface area contributed by atoms with Crippen LogP contribution in [0.25, 0.3) is 10.8 Å². The lowest BCUT2D eigenvalue weighted by Crippen LogP contribution is -2.33. The summed E-state index contributed by atoms with van der Waals surface area (Å²) in [5.74, 6) is -0.723. The first kappa shape index (κ1) is 19.5. The van der Waals surface area contributed by atoms with E-state index in [-0.39, 0.29) is 12.4 Å². The van der Waals surface area contributed by atoms with E-state index in [9.17, 15) is 9.59 Å². The number of nitrogens with one attached hydrogen (secondary N) is 1. The number of esters is 1. The SMILES string of the molecule is N[C@@H](Cc1cnc[nH]1)C(=O)c1cc(C(=O)OCc2ccccc2)cc2ccccc12. The van der Waals surface area contributed by atoms with E-state index in [1.165, 1.54) is 0 Å². The first-order chi connectivity index (χ1) is 14.6. The lowest BCUT2D eigenvalue weighted by molar-refractivity contribution is 0.0473. The third-order valence-electron chi connectivity index (χ3n) is 4.91. The van der Waals surface area contributed by atoms with Crippen molar-refractivity contribution in [1.82, 2.24) is 9.97 Å². The van der Waals surface area contributed by atoms with Gasteiger partial charge in [0.25, 0.3) is 0 Å². The number of nitrogens with two attached hydrogens (primary N) is 1. The van der Waals surface area contributed by atoms with Crippen molar-refractivity contribution in [2.45, 2.75) is 19.1 Å². The van der Waals surface area contributed by atoms with Crippen LogP contribution in [0.1, 0.15) is 32.0 Å². The zero-order valence-electron chi connectivity index (χ0n) is 16.2. The molecular formula is C24H21N3O3. The van der Waals surface area contributed by atoms with Crippen LogP contribution in [0.2, 0.25) is 0 Å². The van der Waals surface area contributed by atoms with E-state index in [2.05, 4.69) is 9.97 Å². The predicted octanol–water partition coefficient (Wildman–Crippen LogP) is 3.67. The second kappa shape index (κ2) is 8.71. The molecule has 1 aromatic heterocycles. The summed E-state index contributed by atoms with van der Waals surface area (Å²) in [6.07, 6.45) is 3.52. The Hall–Kier alpha value is -3.77. The Labute approximate surface area is 173 Å². The fourth-order valence-electron chi connectivity index (χ4n) is 3.36. The lowest BCUT2D eigenvalue weighted by atomic mass is 9.94. The van der Waals surface area contributed by atoms with Crippen molar-refractivity contribution >= 4 is 22.5 Å². The van der Waals surface area contributed by atoms with E-state index in [0.717, 1.165) is 22.0 Å². The molecule has 0 amide bonds. The highest BCUT2D eigenvalue weighted by molar-refractivity contribution is 6.12. The summed E-state index contributed by atoms with van der Waals surface area (Å²) in [5.41, 5.74) is 8.58. The Bertz CT molecular complexity index is 1170. The van der Waals surface area contributed by atoms with Gasteiger partial charge in [0.2, 0.25) is 0 Å². The molecule has 0 saturated heterocycles. The number of Topliss-reactive ketones (excluding diaryl/α,β-unsaturated/α-hetero) is 1. The van der Waals surface area contributed by atoms with Gasteiger partial charge >= 0.3 is 5.97 Å². The number of nitrogens with zero attached hydrogens (tertiary/aromatic N) is 1. The average molecular weight is 399 g/mol. The molecule has 0 bridgehead atoms. The van der Waals surface area contributed by atoms with Gasteiger partial charge < -0.3 is 15.5 Å². The number of imidazole rings is 1. The smallest absolute Gasteiger partial charge is 0.338 e. The number of rotatable bonds is 7. The van der Waals surface area contributed by atoms with Gasteiger partial charge in [-0.1, -0.05) is 54.6 Å². The number of hydrogen-bond acceptors (Lipinski definition) is 5. The van der Waals surface area contributed by atoms with Crippen LogP contribution in [0.15, 0.2) is 79.3 Å². The molecule has 0 aliphatic heterocycles. The van der Waals surface area contributed by atoms with Crippen molar-refractivity contribution in [3.63, 3.8) is 0 Å². The van der Waals surface area contributed by atoms with Crippen molar-refractivity contribution in [2.24, 2.45) is 5.73 Å². The van der Waals surface area contributed by atoms with Gasteiger partial charge in [-0.05, 0) is 28.5 Å². The quantitative estimate of drug-likeness (QED) is 0.365. The highest BCUT2D eigenvalue weighted by atomic mass is 16.5. The molecule has 4 aromatic rings. The minimum atomic E-state index is -0.760. The molecule has 0 unspecified atom stereocenters. The summed E-state index contributed by atoms with van der Waals surface area (Å²) < 4.78 is 5.45. The van der Waals surface area contributed by atoms with Gasteiger partial charge in [0, 0.05) is 23.9 Å². The van der Waals surface area contributed by atoms with Crippen molar-refractivity contribution < 1.29 is 14.3 Å². The third kappa shape index (κ3) is 4.29. The summed E-state index contributed by atoms with van der Waals surface area (Å²) >= 11 is 0. The lowest BCUT2D eigenvalue weighted by Gasteiger charge is -2.14. The predicted molar refractivity (Wildman–Crippen MR) is 114 cm³/mol.